The Hall–Kier alpha value is -2.64. The second-order valence-electron chi connectivity index (χ2n) is 8.44. The lowest BCUT2D eigenvalue weighted by Crippen LogP contribution is -2.41. The van der Waals surface area contributed by atoms with Crippen LogP contribution in [0.3, 0.4) is 0 Å². The number of likely N-dealkylation sites (N-methyl/N-ethyl adjacent to an activating group) is 1. The predicted octanol–water partition coefficient (Wildman–Crippen LogP) is 5.84. The molecule has 1 aliphatic carbocycles. The summed E-state index contributed by atoms with van der Waals surface area (Å²) in [7, 11) is 6.91. The first-order valence-corrected chi connectivity index (χ1v) is 9.74. The van der Waals surface area contributed by atoms with Gasteiger partial charge in [0.2, 0.25) is 0 Å². The molecule has 2 unspecified atom stereocenters. The molecule has 0 bridgehead atoms. The van der Waals surface area contributed by atoms with Gasteiger partial charge in [-0.1, -0.05) is 91.0 Å². The Morgan fingerprint density at radius 3 is 2.11 bits per heavy atom. The van der Waals surface area contributed by atoms with Crippen LogP contribution in [0.15, 0.2) is 84.9 Å². The molecule has 0 heterocycles. The zero-order valence-electron chi connectivity index (χ0n) is 16.5. The lowest BCUT2D eigenvalue weighted by Gasteiger charge is -2.38. The van der Waals surface area contributed by atoms with E-state index in [1.165, 1.54) is 27.8 Å². The molecular formula is C26H28N+. The smallest absolute Gasteiger partial charge is 0.124 e. The van der Waals surface area contributed by atoms with Crippen molar-refractivity contribution in [3.05, 3.63) is 113 Å². The van der Waals surface area contributed by atoms with Gasteiger partial charge in [-0.05, 0) is 28.7 Å². The van der Waals surface area contributed by atoms with Crippen LogP contribution in [0.25, 0.3) is 6.08 Å². The van der Waals surface area contributed by atoms with Crippen LogP contribution < -0.4 is 0 Å². The SMILES string of the molecule is C[N+](C)(C)C(c1ccccc1)C1C=Cc2c(Cc3ccccc3)cccc21. The Labute approximate surface area is 163 Å². The number of hydrogen-bond donors (Lipinski definition) is 0. The van der Waals surface area contributed by atoms with Crippen LogP contribution >= 0.6 is 0 Å². The molecule has 3 aromatic carbocycles. The largest absolute Gasteiger partial charge is 0.324 e. The predicted molar refractivity (Wildman–Crippen MR) is 115 cm³/mol. The van der Waals surface area contributed by atoms with Gasteiger partial charge in [0, 0.05) is 5.56 Å². The summed E-state index contributed by atoms with van der Waals surface area (Å²) < 4.78 is 0.904. The summed E-state index contributed by atoms with van der Waals surface area (Å²) in [6, 6.07) is 29.0. The van der Waals surface area contributed by atoms with Gasteiger partial charge >= 0.3 is 0 Å². The Morgan fingerprint density at radius 1 is 0.778 bits per heavy atom. The van der Waals surface area contributed by atoms with Gasteiger partial charge in [-0.2, -0.15) is 0 Å². The minimum absolute atomic E-state index is 0.399. The van der Waals surface area contributed by atoms with Crippen molar-refractivity contribution in [3.63, 3.8) is 0 Å². The number of rotatable bonds is 5. The van der Waals surface area contributed by atoms with Crippen LogP contribution in [-0.4, -0.2) is 25.6 Å². The van der Waals surface area contributed by atoms with Gasteiger partial charge in [-0.3, -0.25) is 0 Å². The van der Waals surface area contributed by atoms with Crippen molar-refractivity contribution in [1.82, 2.24) is 0 Å². The molecule has 2 atom stereocenters. The molecule has 0 aliphatic heterocycles. The summed E-state index contributed by atoms with van der Waals surface area (Å²) >= 11 is 0. The van der Waals surface area contributed by atoms with Gasteiger partial charge < -0.3 is 4.48 Å². The Morgan fingerprint density at radius 2 is 1.44 bits per heavy atom. The molecule has 0 saturated heterocycles. The second kappa shape index (κ2) is 7.17. The van der Waals surface area contributed by atoms with E-state index in [9.17, 15) is 0 Å². The number of nitrogens with zero attached hydrogens (tertiary/aromatic N) is 1. The summed E-state index contributed by atoms with van der Waals surface area (Å²) in [5, 5.41) is 0. The monoisotopic (exact) mass is 354 g/mol. The van der Waals surface area contributed by atoms with E-state index in [1.54, 1.807) is 0 Å². The third-order valence-electron chi connectivity index (χ3n) is 5.61. The van der Waals surface area contributed by atoms with Gasteiger partial charge in [-0.25, -0.2) is 0 Å². The highest BCUT2D eigenvalue weighted by molar-refractivity contribution is 5.67. The van der Waals surface area contributed by atoms with Crippen LogP contribution in [0, 0.1) is 0 Å². The normalized spacial score (nSPS) is 16.9. The third kappa shape index (κ3) is 3.61. The molecule has 27 heavy (non-hydrogen) atoms. The summed E-state index contributed by atoms with van der Waals surface area (Å²) in [6.45, 7) is 0. The van der Waals surface area contributed by atoms with E-state index in [0.29, 0.717) is 12.0 Å². The zero-order chi connectivity index (χ0) is 18.9. The highest BCUT2D eigenvalue weighted by atomic mass is 15.3. The van der Waals surface area contributed by atoms with Crippen LogP contribution in [0.1, 0.15) is 39.8 Å². The van der Waals surface area contributed by atoms with Crippen molar-refractivity contribution in [2.45, 2.75) is 18.4 Å². The third-order valence-corrected chi connectivity index (χ3v) is 5.61. The molecule has 0 spiro atoms. The molecule has 0 N–H and O–H groups in total. The average molecular weight is 355 g/mol. The summed E-state index contributed by atoms with van der Waals surface area (Å²) in [6.07, 6.45) is 5.76. The first kappa shape index (κ1) is 17.8. The maximum absolute atomic E-state index is 2.42. The zero-order valence-corrected chi connectivity index (χ0v) is 16.5. The Bertz CT molecular complexity index is 933. The van der Waals surface area contributed by atoms with Gasteiger partial charge in [0.1, 0.15) is 6.04 Å². The maximum Gasteiger partial charge on any atom is 0.124 e. The van der Waals surface area contributed by atoms with Gasteiger partial charge in [0.15, 0.2) is 0 Å². The van der Waals surface area contributed by atoms with E-state index in [4.69, 9.17) is 0 Å². The fourth-order valence-electron chi connectivity index (χ4n) is 4.46. The van der Waals surface area contributed by atoms with E-state index in [-0.39, 0.29) is 0 Å². The van der Waals surface area contributed by atoms with Crippen LogP contribution in [0.5, 0.6) is 0 Å². The van der Waals surface area contributed by atoms with Crippen molar-refractivity contribution in [3.8, 4) is 0 Å². The van der Waals surface area contributed by atoms with Crippen LogP contribution in [0.4, 0.5) is 0 Å². The molecule has 136 valence electrons. The first-order valence-electron chi connectivity index (χ1n) is 9.74. The van der Waals surface area contributed by atoms with E-state index >= 15 is 0 Å². The Balaban J connectivity index is 1.73. The highest BCUT2D eigenvalue weighted by Crippen LogP contribution is 2.44. The summed E-state index contributed by atoms with van der Waals surface area (Å²) in [5.74, 6) is 0.401. The van der Waals surface area contributed by atoms with E-state index < -0.39 is 0 Å². The number of quaternary nitrogens is 1. The molecule has 0 fully saturated rings. The van der Waals surface area contributed by atoms with Crippen molar-refractivity contribution in [2.24, 2.45) is 0 Å². The molecule has 0 aromatic heterocycles. The lowest BCUT2D eigenvalue weighted by atomic mass is 9.85. The summed E-state index contributed by atoms with van der Waals surface area (Å²) in [4.78, 5) is 0. The van der Waals surface area contributed by atoms with Gasteiger partial charge in [-0.15, -0.1) is 0 Å². The van der Waals surface area contributed by atoms with Crippen LogP contribution in [-0.2, 0) is 6.42 Å². The van der Waals surface area contributed by atoms with E-state index in [1.807, 2.05) is 0 Å². The minimum Gasteiger partial charge on any atom is -0.324 e. The number of benzene rings is 3. The first-order chi connectivity index (χ1) is 13.0. The molecule has 3 aromatic rings. The standard InChI is InChI=1S/C26H28N/c1-27(2,3)26(21-13-8-5-9-14-21)25-18-17-23-22(15-10-16-24(23)25)19-20-11-6-4-7-12-20/h4-18,25-26H,19H2,1-3H3/q+1. The second-order valence-corrected chi connectivity index (χ2v) is 8.44. The molecule has 1 nitrogen and oxygen atoms in total. The van der Waals surface area contributed by atoms with Crippen molar-refractivity contribution in [2.75, 3.05) is 21.1 Å². The lowest BCUT2D eigenvalue weighted by molar-refractivity contribution is -0.903. The van der Waals surface area contributed by atoms with E-state index in [2.05, 4.69) is 112 Å². The number of hydrogen-bond acceptors (Lipinski definition) is 0. The molecule has 0 saturated carbocycles. The number of fused-ring (bicyclic) bond motifs is 1. The maximum atomic E-state index is 2.42. The summed E-state index contributed by atoms with van der Waals surface area (Å²) in [5.41, 5.74) is 7.08. The van der Waals surface area contributed by atoms with Crippen molar-refractivity contribution in [1.29, 1.82) is 0 Å². The topological polar surface area (TPSA) is 0 Å². The van der Waals surface area contributed by atoms with Gasteiger partial charge in [0.05, 0.1) is 27.1 Å². The fraction of sp³-hybridized carbons (Fsp3) is 0.231. The molecule has 4 rings (SSSR count). The van der Waals surface area contributed by atoms with E-state index in [0.717, 1.165) is 10.9 Å². The highest BCUT2D eigenvalue weighted by Gasteiger charge is 2.37. The fourth-order valence-corrected chi connectivity index (χ4v) is 4.46. The van der Waals surface area contributed by atoms with Crippen LogP contribution in [0.2, 0.25) is 0 Å². The van der Waals surface area contributed by atoms with Gasteiger partial charge in [0.25, 0.3) is 0 Å². The molecule has 0 amide bonds. The molecule has 1 heteroatoms. The average Bonchev–Trinajstić information content (AvgIpc) is 3.07. The quantitative estimate of drug-likeness (QED) is 0.505. The molecule has 1 aliphatic rings. The van der Waals surface area contributed by atoms with Crippen molar-refractivity contribution >= 4 is 6.08 Å². The molecular weight excluding hydrogens is 326 g/mol. The minimum atomic E-state index is 0.399. The van der Waals surface area contributed by atoms with Crippen molar-refractivity contribution < 1.29 is 4.48 Å². The Kier molecular flexibility index (Phi) is 4.72. The molecule has 0 radical (unpaired) electrons.